The van der Waals surface area contributed by atoms with E-state index < -0.39 is 0 Å². The molecule has 0 aliphatic rings. The zero-order valence-electron chi connectivity index (χ0n) is 12.8. The Balaban J connectivity index is 2.54. The molecule has 3 nitrogen and oxygen atoms in total. The van der Waals surface area contributed by atoms with E-state index in [9.17, 15) is 5.26 Å². The van der Waals surface area contributed by atoms with Gasteiger partial charge in [-0.2, -0.15) is 5.26 Å². The fourth-order valence-corrected chi connectivity index (χ4v) is 3.01. The molecule has 0 aliphatic carbocycles. The molecule has 0 spiro atoms. The number of nitrogens with one attached hydrogen (secondary N) is 1. The molecule has 22 heavy (non-hydrogen) atoms. The van der Waals surface area contributed by atoms with E-state index in [2.05, 4.69) is 18.0 Å². The van der Waals surface area contributed by atoms with Crippen LogP contribution < -0.4 is 0 Å². The molecule has 1 aromatic carbocycles. The van der Waals surface area contributed by atoms with Gasteiger partial charge in [-0.05, 0) is 31.1 Å². The van der Waals surface area contributed by atoms with Crippen LogP contribution in [0.3, 0.4) is 0 Å². The van der Waals surface area contributed by atoms with Gasteiger partial charge in [-0.1, -0.05) is 61.8 Å². The van der Waals surface area contributed by atoms with E-state index in [1.807, 2.05) is 35.8 Å². The summed E-state index contributed by atoms with van der Waals surface area (Å²) in [5.41, 5.74) is 3.30. The summed E-state index contributed by atoms with van der Waals surface area (Å²) in [4.78, 5) is 3.19. The molecule has 0 bridgehead atoms. The molecule has 0 saturated carbocycles. The molecule has 0 aliphatic heterocycles. The van der Waals surface area contributed by atoms with Crippen LogP contribution in [0.2, 0.25) is 0 Å². The van der Waals surface area contributed by atoms with Crippen LogP contribution in [0.25, 0.3) is 11.3 Å². The van der Waals surface area contributed by atoms with Gasteiger partial charge >= 0.3 is 0 Å². The van der Waals surface area contributed by atoms with Crippen LogP contribution in [0.4, 0.5) is 0 Å². The molecular formula is C17H19N3S2. The molecule has 1 N–H and O–H groups in total. The Labute approximate surface area is 141 Å². The molecule has 0 radical (unpaired) electrons. The Hall–Kier alpha value is -1.77. The number of rotatable bonds is 5. The smallest absolute Gasteiger partial charge is 0.178 e. The van der Waals surface area contributed by atoms with Crippen LogP contribution in [0, 0.1) is 27.7 Å². The van der Waals surface area contributed by atoms with Crippen molar-refractivity contribution >= 4 is 24.4 Å². The van der Waals surface area contributed by atoms with Crippen molar-refractivity contribution < 1.29 is 0 Å². The van der Waals surface area contributed by atoms with Gasteiger partial charge in [-0.3, -0.25) is 0 Å². The SMILES string of the molecule is CCCCCn1c(=S)[nH]c(-c2ccc(C)cc2)c(C#N)c1=S. The van der Waals surface area contributed by atoms with Crippen molar-refractivity contribution in [1.82, 2.24) is 9.55 Å². The van der Waals surface area contributed by atoms with Gasteiger partial charge in [-0.25, -0.2) is 0 Å². The van der Waals surface area contributed by atoms with Crippen molar-refractivity contribution in [2.75, 3.05) is 0 Å². The molecule has 5 heteroatoms. The first-order valence-corrected chi connectivity index (χ1v) is 8.24. The zero-order chi connectivity index (χ0) is 16.1. The lowest BCUT2D eigenvalue weighted by atomic mass is 10.1. The number of aromatic nitrogens is 2. The monoisotopic (exact) mass is 329 g/mol. The third kappa shape index (κ3) is 3.52. The number of nitrogens with zero attached hydrogens (tertiary/aromatic N) is 2. The van der Waals surface area contributed by atoms with Crippen LogP contribution in [-0.4, -0.2) is 9.55 Å². The molecule has 1 heterocycles. The third-order valence-electron chi connectivity index (χ3n) is 3.62. The molecule has 0 unspecified atom stereocenters. The molecule has 0 fully saturated rings. The van der Waals surface area contributed by atoms with Crippen molar-refractivity contribution in [3.63, 3.8) is 0 Å². The number of aryl methyl sites for hydroxylation is 1. The van der Waals surface area contributed by atoms with Crippen molar-refractivity contribution in [1.29, 1.82) is 5.26 Å². The first kappa shape index (κ1) is 16.6. The molecule has 2 aromatic rings. The van der Waals surface area contributed by atoms with Gasteiger partial charge in [0.05, 0.1) is 5.69 Å². The van der Waals surface area contributed by atoms with Gasteiger partial charge < -0.3 is 9.55 Å². The first-order valence-electron chi connectivity index (χ1n) is 7.42. The van der Waals surface area contributed by atoms with Gasteiger partial charge in [0.1, 0.15) is 16.3 Å². The lowest BCUT2D eigenvalue weighted by Crippen LogP contribution is -2.08. The van der Waals surface area contributed by atoms with E-state index >= 15 is 0 Å². The van der Waals surface area contributed by atoms with E-state index in [1.54, 1.807) is 0 Å². The number of aromatic amines is 1. The van der Waals surface area contributed by atoms with Gasteiger partial charge in [0, 0.05) is 6.54 Å². The first-order chi connectivity index (χ1) is 10.6. The summed E-state index contributed by atoms with van der Waals surface area (Å²) < 4.78 is 2.96. The highest BCUT2D eigenvalue weighted by atomic mass is 32.1. The average molecular weight is 329 g/mol. The lowest BCUT2D eigenvalue weighted by molar-refractivity contribution is 0.581. The Morgan fingerprint density at radius 1 is 1.18 bits per heavy atom. The Morgan fingerprint density at radius 2 is 1.86 bits per heavy atom. The maximum atomic E-state index is 9.52. The van der Waals surface area contributed by atoms with Crippen molar-refractivity contribution in [3.8, 4) is 17.3 Å². The molecule has 2 rings (SSSR count). The molecule has 0 saturated heterocycles. The standard InChI is InChI=1S/C17H19N3S2/c1-3-4-5-10-20-16(21)14(11-18)15(19-17(20)22)13-8-6-12(2)7-9-13/h6-9H,3-5,10H2,1-2H3,(H,19,22). The Morgan fingerprint density at radius 3 is 2.45 bits per heavy atom. The second-order valence-electron chi connectivity index (χ2n) is 5.32. The summed E-state index contributed by atoms with van der Waals surface area (Å²) in [6.45, 7) is 4.94. The van der Waals surface area contributed by atoms with Gasteiger partial charge in [0.2, 0.25) is 0 Å². The van der Waals surface area contributed by atoms with E-state index in [1.165, 1.54) is 5.56 Å². The second kappa shape index (κ2) is 7.48. The molecular weight excluding hydrogens is 310 g/mol. The number of benzene rings is 1. The summed E-state index contributed by atoms with van der Waals surface area (Å²) in [6, 6.07) is 10.2. The second-order valence-corrected chi connectivity index (χ2v) is 6.10. The highest BCUT2D eigenvalue weighted by Gasteiger charge is 2.11. The highest BCUT2D eigenvalue weighted by Crippen LogP contribution is 2.23. The van der Waals surface area contributed by atoms with Crippen molar-refractivity contribution in [3.05, 3.63) is 44.8 Å². The van der Waals surface area contributed by atoms with Crippen LogP contribution >= 0.6 is 24.4 Å². The van der Waals surface area contributed by atoms with Crippen molar-refractivity contribution in [2.45, 2.75) is 39.7 Å². The quantitative estimate of drug-likeness (QED) is 0.597. The van der Waals surface area contributed by atoms with Crippen LogP contribution in [0.15, 0.2) is 24.3 Å². The predicted octanol–water partition coefficient (Wildman–Crippen LogP) is 5.31. The van der Waals surface area contributed by atoms with E-state index in [4.69, 9.17) is 24.4 Å². The van der Waals surface area contributed by atoms with E-state index in [0.717, 1.165) is 31.4 Å². The topological polar surface area (TPSA) is 44.5 Å². The largest absolute Gasteiger partial charge is 0.331 e. The normalized spacial score (nSPS) is 10.4. The third-order valence-corrected chi connectivity index (χ3v) is 4.37. The van der Waals surface area contributed by atoms with Gasteiger partial charge in [-0.15, -0.1) is 0 Å². The highest BCUT2D eigenvalue weighted by molar-refractivity contribution is 7.72. The summed E-state index contributed by atoms with van der Waals surface area (Å²) in [5, 5.41) is 9.52. The van der Waals surface area contributed by atoms with Gasteiger partial charge in [0.25, 0.3) is 0 Å². The van der Waals surface area contributed by atoms with Crippen LogP contribution in [0.1, 0.15) is 37.3 Å². The number of hydrogen-bond donors (Lipinski definition) is 1. The summed E-state index contributed by atoms with van der Waals surface area (Å²) in [5.74, 6) is 0. The fourth-order valence-electron chi connectivity index (χ4n) is 2.33. The minimum Gasteiger partial charge on any atom is -0.331 e. The predicted molar refractivity (Wildman–Crippen MR) is 94.9 cm³/mol. The lowest BCUT2D eigenvalue weighted by Gasteiger charge is -2.12. The van der Waals surface area contributed by atoms with Crippen LogP contribution in [-0.2, 0) is 6.54 Å². The Bertz CT molecular complexity index is 808. The maximum Gasteiger partial charge on any atom is 0.178 e. The van der Waals surface area contributed by atoms with Gasteiger partial charge in [0.15, 0.2) is 4.77 Å². The fraction of sp³-hybridized carbons (Fsp3) is 0.353. The summed E-state index contributed by atoms with van der Waals surface area (Å²) in [6.07, 6.45) is 3.27. The molecule has 0 amide bonds. The number of hydrogen-bond acceptors (Lipinski definition) is 3. The minimum absolute atomic E-state index is 0.490. The maximum absolute atomic E-state index is 9.52. The number of unbranched alkanes of at least 4 members (excludes halogenated alkanes) is 2. The van der Waals surface area contributed by atoms with Crippen molar-refractivity contribution in [2.24, 2.45) is 0 Å². The molecule has 114 valence electrons. The van der Waals surface area contributed by atoms with Crippen LogP contribution in [0.5, 0.6) is 0 Å². The molecule has 0 atom stereocenters. The Kier molecular flexibility index (Phi) is 5.64. The number of H-pyrrole nitrogens is 1. The molecule has 1 aromatic heterocycles. The number of nitriles is 1. The average Bonchev–Trinajstić information content (AvgIpc) is 2.51. The summed E-state index contributed by atoms with van der Waals surface area (Å²) >= 11 is 10.9. The minimum atomic E-state index is 0.490. The zero-order valence-corrected chi connectivity index (χ0v) is 14.5. The summed E-state index contributed by atoms with van der Waals surface area (Å²) in [7, 11) is 0. The van der Waals surface area contributed by atoms with E-state index in [-0.39, 0.29) is 0 Å². The van der Waals surface area contributed by atoms with E-state index in [0.29, 0.717) is 20.7 Å².